The Bertz CT molecular complexity index is 2770. The molecular formula is C58H81N9O8S. The Morgan fingerprint density at radius 3 is 2.46 bits per heavy atom. The van der Waals surface area contributed by atoms with Crippen LogP contribution in [0.1, 0.15) is 115 Å². The van der Waals surface area contributed by atoms with Crippen LogP contribution in [0.4, 0.5) is 5.69 Å². The van der Waals surface area contributed by atoms with Gasteiger partial charge in [0, 0.05) is 124 Å². The summed E-state index contributed by atoms with van der Waals surface area (Å²) in [4.78, 5) is 61.7. The molecule has 7 aliphatic rings. The molecule has 5 aliphatic heterocycles. The summed E-state index contributed by atoms with van der Waals surface area (Å²) < 4.78 is 33.6. The number of fused-ring (bicyclic) bond motifs is 6. The summed E-state index contributed by atoms with van der Waals surface area (Å²) in [6.07, 6.45) is 7.67. The van der Waals surface area contributed by atoms with E-state index in [1.807, 2.05) is 6.20 Å². The topological polar surface area (TPSA) is 165 Å². The van der Waals surface area contributed by atoms with Gasteiger partial charge in [-0.1, -0.05) is 33.8 Å². The zero-order chi connectivity index (χ0) is 53.2. The molecule has 6 fully saturated rings. The molecule has 8 heterocycles. The minimum absolute atomic E-state index is 0.0206. The third-order valence-corrected chi connectivity index (χ3v) is 18.7. The summed E-state index contributed by atoms with van der Waals surface area (Å²) in [5, 5.41) is 8.68. The predicted octanol–water partition coefficient (Wildman–Crippen LogP) is 7.17. The molecule has 1 aromatic carbocycles. The van der Waals surface area contributed by atoms with Gasteiger partial charge in [0.2, 0.25) is 5.91 Å². The first-order valence-electron chi connectivity index (χ1n) is 28.2. The molecule has 18 heteroatoms. The number of carbonyl (C=O) groups is 3. The zero-order valence-electron chi connectivity index (χ0n) is 46.3. The summed E-state index contributed by atoms with van der Waals surface area (Å²) in [6.45, 7) is 22.1. The van der Waals surface area contributed by atoms with E-state index < -0.39 is 29.5 Å². The number of anilines is 1. The Morgan fingerprint density at radius 1 is 0.974 bits per heavy atom. The lowest BCUT2D eigenvalue weighted by Gasteiger charge is -2.46. The van der Waals surface area contributed by atoms with E-state index in [4.69, 9.17) is 33.7 Å². The Morgan fingerprint density at radius 2 is 1.75 bits per heavy atom. The van der Waals surface area contributed by atoms with E-state index in [1.54, 1.807) is 19.2 Å². The second-order valence-electron chi connectivity index (χ2n) is 24.4. The van der Waals surface area contributed by atoms with E-state index in [2.05, 4.69) is 108 Å². The number of carbonyl (C=O) groups excluding carboxylic acids is 3. The number of nitrogens with one attached hydrogen (secondary N) is 2. The number of amides is 2. The van der Waals surface area contributed by atoms with E-state index in [9.17, 15) is 9.59 Å². The third-order valence-electron chi connectivity index (χ3n) is 17.8. The predicted molar refractivity (Wildman–Crippen MR) is 293 cm³/mol. The van der Waals surface area contributed by atoms with Gasteiger partial charge in [0.25, 0.3) is 5.91 Å². The summed E-state index contributed by atoms with van der Waals surface area (Å²) in [5.41, 5.74) is 10.4. The highest BCUT2D eigenvalue weighted by molar-refractivity contribution is 7.10. The third kappa shape index (κ3) is 10.9. The lowest BCUT2D eigenvalue weighted by Crippen LogP contribution is -2.65. The van der Waals surface area contributed by atoms with Crippen molar-refractivity contribution in [3.05, 3.63) is 52.1 Å². The van der Waals surface area contributed by atoms with Gasteiger partial charge in [-0.3, -0.25) is 34.2 Å². The molecular weight excluding hydrogens is 983 g/mol. The van der Waals surface area contributed by atoms with Crippen molar-refractivity contribution in [3.8, 4) is 22.5 Å². The molecule has 8 atom stereocenters. The maximum atomic E-state index is 15.1. The number of hydrogen-bond acceptors (Lipinski definition) is 15. The van der Waals surface area contributed by atoms with Gasteiger partial charge in [0.1, 0.15) is 17.1 Å². The number of benzene rings is 1. The van der Waals surface area contributed by atoms with Crippen molar-refractivity contribution < 1.29 is 38.1 Å². The van der Waals surface area contributed by atoms with E-state index in [0.29, 0.717) is 58.7 Å². The first-order chi connectivity index (χ1) is 36.5. The minimum atomic E-state index is -0.986. The maximum Gasteiger partial charge on any atom is 0.324 e. The molecule has 17 nitrogen and oxygen atoms in total. The van der Waals surface area contributed by atoms with Gasteiger partial charge < -0.3 is 38.5 Å². The van der Waals surface area contributed by atoms with E-state index in [1.165, 1.54) is 24.2 Å². The van der Waals surface area contributed by atoms with Crippen LogP contribution in [-0.4, -0.2) is 163 Å². The highest BCUT2D eigenvalue weighted by Gasteiger charge is 2.52. The van der Waals surface area contributed by atoms with Crippen LogP contribution in [0.15, 0.2) is 35.8 Å². The Labute approximate surface area is 452 Å². The fourth-order valence-corrected chi connectivity index (χ4v) is 13.7. The fourth-order valence-electron chi connectivity index (χ4n) is 12.7. The number of esters is 1. The van der Waals surface area contributed by atoms with E-state index in [-0.39, 0.29) is 60.1 Å². The molecule has 412 valence electrons. The van der Waals surface area contributed by atoms with Crippen molar-refractivity contribution >= 4 is 45.7 Å². The van der Waals surface area contributed by atoms with Gasteiger partial charge >= 0.3 is 5.97 Å². The number of methoxy groups -OCH3 is 2. The van der Waals surface area contributed by atoms with Crippen LogP contribution >= 0.6 is 11.3 Å². The van der Waals surface area contributed by atoms with Crippen molar-refractivity contribution in [3.63, 3.8) is 0 Å². The number of aromatic nitrogens is 3. The molecule has 2 saturated carbocycles. The van der Waals surface area contributed by atoms with Gasteiger partial charge in [0.05, 0.1) is 72.1 Å². The van der Waals surface area contributed by atoms with Crippen molar-refractivity contribution in [2.45, 2.75) is 148 Å². The van der Waals surface area contributed by atoms with Crippen LogP contribution in [-0.2, 0) is 51.0 Å². The summed E-state index contributed by atoms with van der Waals surface area (Å²) in [5.74, 6) is -0.619. The lowest BCUT2D eigenvalue weighted by atomic mass is 9.84. The van der Waals surface area contributed by atoms with Crippen molar-refractivity contribution in [1.29, 1.82) is 0 Å². The van der Waals surface area contributed by atoms with Gasteiger partial charge in [0.15, 0.2) is 0 Å². The van der Waals surface area contributed by atoms with Crippen molar-refractivity contribution in [1.82, 2.24) is 40.1 Å². The number of thiazole rings is 1. The molecule has 2 amide bonds. The van der Waals surface area contributed by atoms with Gasteiger partial charge in [-0.25, -0.2) is 10.4 Å². The molecule has 76 heavy (non-hydrogen) atoms. The Balaban J connectivity index is 1.06. The minimum Gasteiger partial charge on any atom is -0.464 e. The number of hydrogen-bond donors (Lipinski definition) is 2. The summed E-state index contributed by atoms with van der Waals surface area (Å²) in [7, 11) is 3.45. The largest absolute Gasteiger partial charge is 0.464 e. The second kappa shape index (κ2) is 21.6. The molecule has 3 aromatic heterocycles. The molecule has 0 radical (unpaired) electrons. The molecule has 2 aliphatic carbocycles. The number of ether oxygens (including phenoxy) is 5. The highest BCUT2D eigenvalue weighted by Crippen LogP contribution is 2.47. The molecule has 0 spiro atoms. The van der Waals surface area contributed by atoms with Crippen molar-refractivity contribution in [2.75, 3.05) is 84.8 Å². The van der Waals surface area contributed by atoms with Gasteiger partial charge in [-0.15, -0.1) is 11.3 Å². The number of piperazine rings is 1. The van der Waals surface area contributed by atoms with Crippen LogP contribution in [0.3, 0.4) is 0 Å². The standard InChI is InChI=1S/C58H81N9O8S/c1-34-35(2)48(34)53(68)61-50-52(65-30-41(31-65)72-9)54-60-46(32-76-54)37-12-15-47-42(25-37)44(28-57(4,5)33-74-56(70)45-11-10-17-67(62-45)55(50)69)51(66(47)22-24-73-40-16-23-75-58(6,7)27-40)43-26-39(29-59-49(43)36(3)71-8)64-20-18-63(19-21-64)38-13-14-38/h12,15,25-26,29,32,34-36,38,40-41,45,48,50,52,62H,10-11,13-14,16-24,27-28,30-31,33H2,1-9H3,(H,61,68)/t34-,35+,36-,40-,45-,48?,50-,52-/m0/s1. The number of nitrogens with zero attached hydrogens (tertiary/aromatic N) is 7. The van der Waals surface area contributed by atoms with Gasteiger partial charge in [-0.2, -0.15) is 0 Å². The molecule has 2 N–H and O–H groups in total. The number of cyclic esters (lactones) is 1. The molecule has 11 rings (SSSR count). The fraction of sp³-hybridized carbons (Fsp3) is 0.672. The highest BCUT2D eigenvalue weighted by atomic mass is 32.1. The monoisotopic (exact) mass is 1060 g/mol. The van der Waals surface area contributed by atoms with Crippen LogP contribution < -0.4 is 15.6 Å². The van der Waals surface area contributed by atoms with Crippen molar-refractivity contribution in [2.24, 2.45) is 23.2 Å². The quantitative estimate of drug-likeness (QED) is 0.130. The van der Waals surface area contributed by atoms with Gasteiger partial charge in [-0.05, 0) is 94.9 Å². The van der Waals surface area contributed by atoms with Crippen LogP contribution in [0, 0.1) is 23.2 Å². The molecule has 4 aromatic rings. The molecule has 6 bridgehead atoms. The Kier molecular flexibility index (Phi) is 15.2. The molecule has 1 unspecified atom stereocenters. The first-order valence-corrected chi connectivity index (χ1v) is 29.1. The van der Waals surface area contributed by atoms with E-state index in [0.717, 1.165) is 100 Å². The van der Waals surface area contributed by atoms with Crippen LogP contribution in [0.25, 0.3) is 33.4 Å². The average molecular weight is 1060 g/mol. The van der Waals surface area contributed by atoms with E-state index >= 15 is 4.79 Å². The molecule has 4 saturated heterocycles. The lowest BCUT2D eigenvalue weighted by molar-refractivity contribution is -0.156. The number of pyridine rings is 1. The first kappa shape index (κ1) is 53.5. The normalized spacial score (nSPS) is 28.9. The zero-order valence-corrected chi connectivity index (χ0v) is 47.1. The smallest absolute Gasteiger partial charge is 0.324 e. The number of likely N-dealkylation sites (tertiary alicyclic amines) is 1. The Hall–Kier alpha value is -4.53. The number of hydrazine groups is 1. The van der Waals surface area contributed by atoms with Crippen LogP contribution in [0.5, 0.6) is 0 Å². The average Bonchev–Trinajstić information content (AvgIpc) is 4.27. The maximum absolute atomic E-state index is 15.1. The second-order valence-corrected chi connectivity index (χ2v) is 25.3. The summed E-state index contributed by atoms with van der Waals surface area (Å²) in [6, 6.07) is 7.37. The number of rotatable bonds is 13. The van der Waals surface area contributed by atoms with Crippen LogP contribution in [0.2, 0.25) is 0 Å². The summed E-state index contributed by atoms with van der Waals surface area (Å²) >= 11 is 1.51. The SMILES string of the molecule is COC1CN([C@@H]2c3nc(cs3)-c3ccc4c(c3)c(c(-c3cc(N5CCN(C6CC6)CC5)cnc3[C@H](C)OC)n4CCO[C@H]3CCOC(C)(C)C3)CC(C)(C)COC(=O)[C@@H]3CCCN(N3)C(=O)[C@H]2NC(=O)C2[C@@H](C)[C@H]2C)C1.